The normalized spacial score (nSPS) is 18.2. The number of carbonyl (C=O) groups excluding carboxylic acids is 1. The number of ether oxygens (including phenoxy) is 1. The number of hydrogen-bond donors (Lipinski definition) is 1. The van der Waals surface area contributed by atoms with E-state index in [0.29, 0.717) is 12.8 Å². The molecule has 1 atom stereocenters. The molecule has 0 bridgehead atoms. The van der Waals surface area contributed by atoms with Crippen LogP contribution in [-0.4, -0.2) is 47.7 Å². The molecule has 1 unspecified atom stereocenters. The molecule has 1 heterocycles. The van der Waals surface area contributed by atoms with Crippen molar-refractivity contribution in [2.45, 2.75) is 51.6 Å². The highest BCUT2D eigenvalue weighted by Crippen LogP contribution is 2.17. The van der Waals surface area contributed by atoms with Crippen LogP contribution in [0.3, 0.4) is 0 Å². The smallest absolute Gasteiger partial charge is 0.335 e. The summed E-state index contributed by atoms with van der Waals surface area (Å²) in [5.74, 6) is -0.838. The Hall–Kier alpha value is -1.88. The molecular weight excluding hydrogens is 306 g/mol. The molecule has 0 spiro atoms. The molecule has 132 valence electrons. The second-order valence-corrected chi connectivity index (χ2v) is 6.27. The van der Waals surface area contributed by atoms with Gasteiger partial charge < -0.3 is 14.7 Å². The number of nitrogens with zero attached hydrogens (tertiary/aromatic N) is 1. The Morgan fingerprint density at radius 1 is 1.25 bits per heavy atom. The molecule has 2 rings (SSSR count). The number of likely N-dealkylation sites (tertiary alicyclic amines) is 1. The van der Waals surface area contributed by atoms with Crippen molar-refractivity contribution in [3.05, 3.63) is 35.4 Å². The predicted octanol–water partition coefficient (Wildman–Crippen LogP) is 3.13. The van der Waals surface area contributed by atoms with Gasteiger partial charge in [0, 0.05) is 26.1 Å². The zero-order valence-corrected chi connectivity index (χ0v) is 14.4. The number of hydrogen-bond acceptors (Lipinski definition) is 3. The van der Waals surface area contributed by atoms with Gasteiger partial charge in [-0.1, -0.05) is 25.1 Å². The fraction of sp³-hybridized carbons (Fsp3) is 0.579. The van der Waals surface area contributed by atoms with Crippen LogP contribution in [-0.2, 0) is 16.0 Å². The molecule has 5 heteroatoms. The molecule has 0 radical (unpaired) electrons. The Labute approximate surface area is 143 Å². The van der Waals surface area contributed by atoms with E-state index in [9.17, 15) is 14.7 Å². The maximum Gasteiger partial charge on any atom is 0.335 e. The first kappa shape index (κ1) is 18.5. The van der Waals surface area contributed by atoms with Crippen molar-refractivity contribution >= 4 is 11.9 Å². The van der Waals surface area contributed by atoms with Crippen molar-refractivity contribution in [2.75, 3.05) is 19.7 Å². The van der Waals surface area contributed by atoms with E-state index >= 15 is 0 Å². The summed E-state index contributed by atoms with van der Waals surface area (Å²) in [5, 5.41) is 9.21. The number of benzene rings is 1. The molecule has 1 amide bonds. The van der Waals surface area contributed by atoms with Crippen molar-refractivity contribution in [1.82, 2.24) is 4.90 Å². The van der Waals surface area contributed by atoms with E-state index in [2.05, 4.69) is 6.92 Å². The van der Waals surface area contributed by atoms with E-state index in [0.717, 1.165) is 50.9 Å². The van der Waals surface area contributed by atoms with Crippen molar-refractivity contribution in [2.24, 2.45) is 0 Å². The van der Waals surface area contributed by atoms with Crippen LogP contribution in [0.4, 0.5) is 0 Å². The summed E-state index contributed by atoms with van der Waals surface area (Å²) in [4.78, 5) is 25.6. The second kappa shape index (κ2) is 9.42. The number of carboxylic acid groups (broad SMARTS) is 1. The third-order valence-electron chi connectivity index (χ3n) is 4.44. The van der Waals surface area contributed by atoms with Gasteiger partial charge in [0.1, 0.15) is 0 Å². The molecule has 5 nitrogen and oxygen atoms in total. The minimum absolute atomic E-state index is 0.103. The van der Waals surface area contributed by atoms with Gasteiger partial charge in [-0.15, -0.1) is 0 Å². The number of aromatic carboxylic acids is 1. The van der Waals surface area contributed by atoms with Gasteiger partial charge in [0.05, 0.1) is 11.7 Å². The molecule has 1 aliphatic heterocycles. The fourth-order valence-corrected chi connectivity index (χ4v) is 3.11. The molecule has 1 aliphatic rings. The van der Waals surface area contributed by atoms with Gasteiger partial charge in [0.2, 0.25) is 5.91 Å². The number of carbonyl (C=O) groups is 2. The van der Waals surface area contributed by atoms with Crippen LogP contribution >= 0.6 is 0 Å². The van der Waals surface area contributed by atoms with Crippen LogP contribution in [0.15, 0.2) is 24.3 Å². The summed E-state index contributed by atoms with van der Waals surface area (Å²) in [6, 6.07) is 6.89. The Balaban J connectivity index is 1.86. The maximum atomic E-state index is 12.5. The largest absolute Gasteiger partial charge is 0.478 e. The van der Waals surface area contributed by atoms with Crippen molar-refractivity contribution in [3.63, 3.8) is 0 Å². The summed E-state index contributed by atoms with van der Waals surface area (Å²) in [5.41, 5.74) is 1.01. The van der Waals surface area contributed by atoms with Gasteiger partial charge >= 0.3 is 5.97 Å². The Kier molecular flexibility index (Phi) is 7.25. The van der Waals surface area contributed by atoms with Crippen molar-refractivity contribution in [1.29, 1.82) is 0 Å². The second-order valence-electron chi connectivity index (χ2n) is 6.27. The zero-order chi connectivity index (χ0) is 17.4. The molecule has 1 aromatic rings. The standard InChI is InChI=1S/C19H27NO4/c1-2-14-24-16-7-5-12-20(13-11-16)18(21)10-9-15-6-3-4-8-17(15)19(22)23/h3-4,6,8,16H,2,5,7,9-14H2,1H3,(H,22,23). The first-order valence-corrected chi connectivity index (χ1v) is 8.82. The summed E-state index contributed by atoms with van der Waals surface area (Å²) in [7, 11) is 0. The third-order valence-corrected chi connectivity index (χ3v) is 4.44. The van der Waals surface area contributed by atoms with Gasteiger partial charge in [-0.05, 0) is 43.7 Å². The number of aryl methyl sites for hydroxylation is 1. The highest BCUT2D eigenvalue weighted by molar-refractivity contribution is 5.89. The third kappa shape index (κ3) is 5.34. The van der Waals surface area contributed by atoms with Crippen LogP contribution in [0.5, 0.6) is 0 Å². The van der Waals surface area contributed by atoms with Gasteiger partial charge in [0.15, 0.2) is 0 Å². The Morgan fingerprint density at radius 3 is 2.79 bits per heavy atom. The lowest BCUT2D eigenvalue weighted by atomic mass is 10.0. The number of rotatable bonds is 7. The zero-order valence-electron chi connectivity index (χ0n) is 14.4. The lowest BCUT2D eigenvalue weighted by molar-refractivity contribution is -0.131. The van der Waals surface area contributed by atoms with Crippen LogP contribution in [0.2, 0.25) is 0 Å². The van der Waals surface area contributed by atoms with Crippen LogP contribution in [0.25, 0.3) is 0 Å². The van der Waals surface area contributed by atoms with E-state index in [-0.39, 0.29) is 17.6 Å². The quantitative estimate of drug-likeness (QED) is 0.832. The molecule has 0 aromatic heterocycles. The Morgan fingerprint density at radius 2 is 2.04 bits per heavy atom. The van der Waals surface area contributed by atoms with Gasteiger partial charge in [-0.25, -0.2) is 4.79 Å². The molecular formula is C19H27NO4. The first-order chi connectivity index (χ1) is 11.6. The topological polar surface area (TPSA) is 66.8 Å². The van der Waals surface area contributed by atoms with Gasteiger partial charge in [-0.3, -0.25) is 4.79 Å². The molecule has 1 N–H and O–H groups in total. The predicted molar refractivity (Wildman–Crippen MR) is 92.2 cm³/mol. The first-order valence-electron chi connectivity index (χ1n) is 8.82. The van der Waals surface area contributed by atoms with Crippen LogP contribution in [0.1, 0.15) is 54.9 Å². The molecule has 0 aliphatic carbocycles. The highest BCUT2D eigenvalue weighted by Gasteiger charge is 2.21. The average Bonchev–Trinajstić information content (AvgIpc) is 2.83. The monoisotopic (exact) mass is 333 g/mol. The maximum absolute atomic E-state index is 12.5. The van der Waals surface area contributed by atoms with Crippen LogP contribution in [0, 0.1) is 0 Å². The van der Waals surface area contributed by atoms with E-state index < -0.39 is 5.97 Å². The van der Waals surface area contributed by atoms with Gasteiger partial charge in [0.25, 0.3) is 0 Å². The minimum Gasteiger partial charge on any atom is -0.478 e. The van der Waals surface area contributed by atoms with E-state index in [1.54, 1.807) is 18.2 Å². The lowest BCUT2D eigenvalue weighted by Gasteiger charge is -2.21. The minimum atomic E-state index is -0.941. The lowest BCUT2D eigenvalue weighted by Crippen LogP contribution is -2.32. The Bertz CT molecular complexity index is 558. The SMILES string of the molecule is CCCOC1CCCN(C(=O)CCc2ccccc2C(=O)O)CC1. The molecule has 1 saturated heterocycles. The summed E-state index contributed by atoms with van der Waals surface area (Å²) >= 11 is 0. The molecule has 24 heavy (non-hydrogen) atoms. The van der Waals surface area contributed by atoms with Crippen molar-refractivity contribution in [3.8, 4) is 0 Å². The highest BCUT2D eigenvalue weighted by atomic mass is 16.5. The molecule has 1 fully saturated rings. The van der Waals surface area contributed by atoms with E-state index in [1.807, 2.05) is 11.0 Å². The number of carboxylic acids is 1. The van der Waals surface area contributed by atoms with Crippen LogP contribution < -0.4 is 0 Å². The summed E-state index contributed by atoms with van der Waals surface area (Å²) < 4.78 is 5.81. The number of amides is 1. The molecule has 1 aromatic carbocycles. The molecule has 0 saturated carbocycles. The van der Waals surface area contributed by atoms with Gasteiger partial charge in [-0.2, -0.15) is 0 Å². The fourth-order valence-electron chi connectivity index (χ4n) is 3.11. The summed E-state index contributed by atoms with van der Waals surface area (Å²) in [6.07, 6.45) is 4.95. The summed E-state index contributed by atoms with van der Waals surface area (Å²) in [6.45, 7) is 4.38. The average molecular weight is 333 g/mol. The van der Waals surface area contributed by atoms with E-state index in [1.165, 1.54) is 0 Å². The van der Waals surface area contributed by atoms with E-state index in [4.69, 9.17) is 4.74 Å². The van der Waals surface area contributed by atoms with Crippen molar-refractivity contribution < 1.29 is 19.4 Å².